The van der Waals surface area contributed by atoms with Gasteiger partial charge in [-0.25, -0.2) is 0 Å². The summed E-state index contributed by atoms with van der Waals surface area (Å²) in [6.07, 6.45) is 8.27. The third-order valence-corrected chi connectivity index (χ3v) is 8.86. The van der Waals surface area contributed by atoms with Crippen LogP contribution in [-0.4, -0.2) is 36.8 Å². The minimum absolute atomic E-state index is 0.340. The second-order valence-corrected chi connectivity index (χ2v) is 11.7. The molecule has 216 valence electrons. The van der Waals surface area contributed by atoms with E-state index in [-0.39, 0.29) is 0 Å². The van der Waals surface area contributed by atoms with Gasteiger partial charge < -0.3 is 24.8 Å². The van der Waals surface area contributed by atoms with Crippen molar-refractivity contribution in [1.82, 2.24) is 15.3 Å². The molecule has 3 heterocycles. The number of halogens is 1. The van der Waals surface area contributed by atoms with Gasteiger partial charge in [0.05, 0.1) is 46.9 Å². The lowest BCUT2D eigenvalue weighted by molar-refractivity contribution is -0.00241. The van der Waals surface area contributed by atoms with Gasteiger partial charge >= 0.3 is 0 Å². The standard InChI is InChI=1S/C33H34ClN5O3/c1-21-4-3-9-37-29(21)20-41-24-5-6-27(26(34)12-24)39-32-23(17-35)18-38-28-14-31(30(40-2)13-25(28)32)42-19-22-15-33(16-22)7-10-36-11-8-33/h3-6,9,12-14,18,22,36H,7-8,10-11,15-16,19-20H2,1-2H3,(H,38,39). The Morgan fingerprint density at radius 1 is 1.10 bits per heavy atom. The minimum atomic E-state index is 0.340. The van der Waals surface area contributed by atoms with Gasteiger partial charge in [0.15, 0.2) is 11.5 Å². The van der Waals surface area contributed by atoms with E-state index in [0.29, 0.717) is 69.3 Å². The maximum atomic E-state index is 9.89. The predicted molar refractivity (Wildman–Crippen MR) is 164 cm³/mol. The molecule has 1 spiro atoms. The number of nitriles is 1. The molecule has 9 heteroatoms. The van der Waals surface area contributed by atoms with Crippen LogP contribution in [0, 0.1) is 29.6 Å². The van der Waals surface area contributed by atoms with Crippen molar-refractivity contribution in [3.63, 3.8) is 0 Å². The third-order valence-electron chi connectivity index (χ3n) is 8.55. The molecule has 2 aromatic heterocycles. The zero-order valence-corrected chi connectivity index (χ0v) is 24.6. The van der Waals surface area contributed by atoms with Crippen molar-refractivity contribution in [1.29, 1.82) is 5.26 Å². The van der Waals surface area contributed by atoms with Crippen molar-refractivity contribution in [2.75, 3.05) is 32.1 Å². The van der Waals surface area contributed by atoms with E-state index in [1.165, 1.54) is 25.7 Å². The van der Waals surface area contributed by atoms with Gasteiger partial charge in [0.1, 0.15) is 18.4 Å². The summed E-state index contributed by atoms with van der Waals surface area (Å²) in [7, 11) is 1.62. The second-order valence-electron chi connectivity index (χ2n) is 11.3. The lowest BCUT2D eigenvalue weighted by Crippen LogP contribution is -2.46. The highest BCUT2D eigenvalue weighted by molar-refractivity contribution is 6.33. The molecule has 2 N–H and O–H groups in total. The Hall–Kier alpha value is -4.06. The Labute approximate surface area is 251 Å². The number of piperidine rings is 1. The Balaban J connectivity index is 1.19. The molecule has 8 nitrogen and oxygen atoms in total. The van der Waals surface area contributed by atoms with Crippen LogP contribution in [0.1, 0.15) is 42.5 Å². The summed E-state index contributed by atoms with van der Waals surface area (Å²) in [4.78, 5) is 8.93. The monoisotopic (exact) mass is 583 g/mol. The van der Waals surface area contributed by atoms with Crippen molar-refractivity contribution < 1.29 is 14.2 Å². The van der Waals surface area contributed by atoms with Gasteiger partial charge in [0, 0.05) is 29.9 Å². The number of pyridine rings is 2. The SMILES string of the molecule is COc1cc2c(Nc3ccc(OCc4ncccc4C)cc3Cl)c(C#N)cnc2cc1OCC1CC2(CCNCC2)C1. The van der Waals surface area contributed by atoms with E-state index in [0.717, 1.165) is 29.7 Å². The number of anilines is 2. The molecule has 1 aliphatic carbocycles. The molecule has 42 heavy (non-hydrogen) atoms. The van der Waals surface area contributed by atoms with Crippen LogP contribution in [0.5, 0.6) is 17.2 Å². The van der Waals surface area contributed by atoms with E-state index in [2.05, 4.69) is 26.7 Å². The van der Waals surface area contributed by atoms with Gasteiger partial charge in [0.2, 0.25) is 0 Å². The van der Waals surface area contributed by atoms with E-state index in [4.69, 9.17) is 25.8 Å². The number of ether oxygens (including phenoxy) is 3. The number of aryl methyl sites for hydroxylation is 1. The average Bonchev–Trinajstić information content (AvgIpc) is 2.99. The quantitative estimate of drug-likeness (QED) is 0.218. The fourth-order valence-corrected chi connectivity index (χ4v) is 6.41. The summed E-state index contributed by atoms with van der Waals surface area (Å²) in [5.41, 5.74) is 4.75. The topological polar surface area (TPSA) is 101 Å². The fourth-order valence-electron chi connectivity index (χ4n) is 6.19. The van der Waals surface area contributed by atoms with Crippen LogP contribution >= 0.6 is 11.6 Å². The number of hydrogen-bond acceptors (Lipinski definition) is 8. The van der Waals surface area contributed by atoms with Crippen LogP contribution in [-0.2, 0) is 6.61 Å². The number of hydrogen-bond donors (Lipinski definition) is 2. The molecule has 6 rings (SSSR count). The second kappa shape index (κ2) is 12.0. The Morgan fingerprint density at radius 3 is 2.67 bits per heavy atom. The number of benzene rings is 2. The molecule has 1 aliphatic heterocycles. The predicted octanol–water partition coefficient (Wildman–Crippen LogP) is 6.95. The van der Waals surface area contributed by atoms with Gasteiger partial charge in [-0.2, -0.15) is 5.26 Å². The van der Waals surface area contributed by atoms with Crippen molar-refractivity contribution in [2.24, 2.45) is 11.3 Å². The van der Waals surface area contributed by atoms with Crippen molar-refractivity contribution in [3.05, 3.63) is 76.7 Å². The van der Waals surface area contributed by atoms with Crippen LogP contribution in [0.25, 0.3) is 10.9 Å². The number of fused-ring (bicyclic) bond motifs is 1. The molecule has 1 saturated carbocycles. The summed E-state index contributed by atoms with van der Waals surface area (Å²) in [6.45, 7) is 5.23. The number of aromatic nitrogens is 2. The molecule has 0 bridgehead atoms. The first kappa shape index (κ1) is 28.1. The first-order valence-electron chi connectivity index (χ1n) is 14.3. The van der Waals surface area contributed by atoms with E-state index in [1.54, 1.807) is 25.6 Å². The summed E-state index contributed by atoms with van der Waals surface area (Å²) >= 11 is 6.66. The fraction of sp³-hybridized carbons (Fsp3) is 0.364. The van der Waals surface area contributed by atoms with Crippen molar-refractivity contribution >= 4 is 33.9 Å². The molecule has 2 fully saturated rings. The molecule has 0 amide bonds. The zero-order chi connectivity index (χ0) is 29.1. The summed E-state index contributed by atoms with van der Waals surface area (Å²) < 4.78 is 17.9. The maximum absolute atomic E-state index is 9.89. The normalized spacial score (nSPS) is 16.0. The highest BCUT2D eigenvalue weighted by Gasteiger charge is 2.44. The largest absolute Gasteiger partial charge is 0.493 e. The number of nitrogens with one attached hydrogen (secondary N) is 2. The summed E-state index contributed by atoms with van der Waals surface area (Å²) in [5.74, 6) is 2.42. The zero-order valence-electron chi connectivity index (χ0n) is 23.9. The Kier molecular flexibility index (Phi) is 8.05. The first-order valence-corrected chi connectivity index (χ1v) is 14.7. The van der Waals surface area contributed by atoms with E-state index < -0.39 is 0 Å². The smallest absolute Gasteiger partial charge is 0.163 e. The molecule has 1 saturated heterocycles. The average molecular weight is 584 g/mol. The highest BCUT2D eigenvalue weighted by atomic mass is 35.5. The van der Waals surface area contributed by atoms with Gasteiger partial charge in [-0.15, -0.1) is 0 Å². The van der Waals surface area contributed by atoms with Gasteiger partial charge in [0.25, 0.3) is 0 Å². The molecule has 2 aromatic carbocycles. The first-order chi connectivity index (χ1) is 20.5. The van der Waals surface area contributed by atoms with E-state index >= 15 is 0 Å². The van der Waals surface area contributed by atoms with E-state index in [9.17, 15) is 5.26 Å². The Morgan fingerprint density at radius 2 is 1.93 bits per heavy atom. The van der Waals surface area contributed by atoms with Crippen LogP contribution in [0.4, 0.5) is 11.4 Å². The van der Waals surface area contributed by atoms with Gasteiger partial charge in [-0.3, -0.25) is 9.97 Å². The lowest BCUT2D eigenvalue weighted by atomic mass is 9.58. The third kappa shape index (κ3) is 5.80. The van der Waals surface area contributed by atoms with Crippen molar-refractivity contribution in [3.8, 4) is 23.3 Å². The highest BCUT2D eigenvalue weighted by Crippen LogP contribution is 2.52. The van der Waals surface area contributed by atoms with Crippen LogP contribution in [0.2, 0.25) is 5.02 Å². The number of methoxy groups -OCH3 is 1. The van der Waals surface area contributed by atoms with Crippen molar-refractivity contribution in [2.45, 2.75) is 39.2 Å². The maximum Gasteiger partial charge on any atom is 0.163 e. The van der Waals surface area contributed by atoms with E-state index in [1.807, 2.05) is 43.3 Å². The minimum Gasteiger partial charge on any atom is -0.493 e. The molecule has 0 radical (unpaired) electrons. The molecule has 0 unspecified atom stereocenters. The summed E-state index contributed by atoms with van der Waals surface area (Å²) in [6, 6.07) is 15.3. The lowest BCUT2D eigenvalue weighted by Gasteiger charge is -2.50. The molecular formula is C33H34ClN5O3. The molecule has 4 aromatic rings. The Bertz CT molecular complexity index is 1640. The van der Waals surface area contributed by atoms with Crippen LogP contribution < -0.4 is 24.8 Å². The van der Waals surface area contributed by atoms with Gasteiger partial charge in [-0.1, -0.05) is 17.7 Å². The van der Waals surface area contributed by atoms with Crippen LogP contribution in [0.3, 0.4) is 0 Å². The number of nitrogens with zero attached hydrogens (tertiary/aromatic N) is 3. The molecule has 2 aliphatic rings. The summed E-state index contributed by atoms with van der Waals surface area (Å²) in [5, 5.41) is 17.9. The number of rotatable bonds is 9. The van der Waals surface area contributed by atoms with Gasteiger partial charge in [-0.05, 0) is 86.9 Å². The molecule has 0 atom stereocenters. The molecular weight excluding hydrogens is 550 g/mol. The van der Waals surface area contributed by atoms with Crippen LogP contribution in [0.15, 0.2) is 54.9 Å².